The zero-order valence-electron chi connectivity index (χ0n) is 18.1. The van der Waals surface area contributed by atoms with Crippen LogP contribution in [0.5, 0.6) is 11.5 Å². The molecule has 0 radical (unpaired) electrons. The Morgan fingerprint density at radius 1 is 1.18 bits per heavy atom. The van der Waals surface area contributed by atoms with Crippen molar-refractivity contribution in [2.24, 2.45) is 0 Å². The van der Waals surface area contributed by atoms with E-state index in [4.69, 9.17) is 4.74 Å². The maximum absolute atomic E-state index is 13.7. The summed E-state index contributed by atoms with van der Waals surface area (Å²) in [6.07, 6.45) is -4.75. The average Bonchev–Trinajstić information content (AvgIpc) is 3.16. The van der Waals surface area contributed by atoms with E-state index in [-0.39, 0.29) is 42.9 Å². The number of benzene rings is 2. The van der Waals surface area contributed by atoms with Gasteiger partial charge in [0.1, 0.15) is 23.6 Å². The molecule has 10 heteroatoms. The largest absolute Gasteiger partial charge is 0.573 e. The van der Waals surface area contributed by atoms with Crippen LogP contribution in [0.1, 0.15) is 25.8 Å². The second-order valence-corrected chi connectivity index (χ2v) is 8.33. The summed E-state index contributed by atoms with van der Waals surface area (Å²) in [5.41, 5.74) is 1.14. The molecule has 4 rings (SSSR count). The third-order valence-corrected chi connectivity index (χ3v) is 5.43. The number of rotatable bonds is 4. The summed E-state index contributed by atoms with van der Waals surface area (Å²) in [4.78, 5) is 29.4. The monoisotopic (exact) mass is 463 g/mol. The highest BCUT2D eigenvalue weighted by atomic mass is 19.4. The molecule has 176 valence electrons. The number of likely N-dealkylation sites (tertiary alicyclic amines) is 1. The number of hydrogen-bond acceptors (Lipinski definition) is 4. The Balaban J connectivity index is 1.63. The molecule has 2 heterocycles. The predicted molar refractivity (Wildman–Crippen MR) is 114 cm³/mol. The van der Waals surface area contributed by atoms with E-state index in [0.717, 1.165) is 0 Å². The van der Waals surface area contributed by atoms with Crippen LogP contribution in [-0.2, 0) is 11.3 Å². The minimum atomic E-state index is -4.78. The maximum Gasteiger partial charge on any atom is 0.573 e. The van der Waals surface area contributed by atoms with Crippen LogP contribution in [0, 0.1) is 0 Å². The molecule has 7 nitrogen and oxygen atoms in total. The molecule has 2 aliphatic rings. The number of carbonyl (C=O) groups excluding carboxylic acids is 2. The molecule has 3 amide bonds. The van der Waals surface area contributed by atoms with Crippen molar-refractivity contribution in [1.29, 1.82) is 0 Å². The quantitative estimate of drug-likeness (QED) is 0.742. The fourth-order valence-electron chi connectivity index (χ4n) is 4.07. The third kappa shape index (κ3) is 5.15. The first-order valence-corrected chi connectivity index (χ1v) is 10.6. The van der Waals surface area contributed by atoms with Gasteiger partial charge in [0, 0.05) is 12.5 Å². The van der Waals surface area contributed by atoms with Crippen molar-refractivity contribution in [2.75, 3.05) is 11.4 Å². The van der Waals surface area contributed by atoms with Gasteiger partial charge in [0.05, 0.1) is 18.8 Å². The Labute approximate surface area is 189 Å². The standard InChI is InChI=1S/C23H24F3N3O4/c1-14(2)27-22(31)29-13-17-11-19(29)21(30)28(18-5-3-4-6-20(18)32-17)12-15-7-9-16(10-8-15)33-23(24,25)26/h3-10,14,17,19H,11-13H2,1-2H3,(H,27,31). The second-order valence-electron chi connectivity index (χ2n) is 8.33. The lowest BCUT2D eigenvalue weighted by Crippen LogP contribution is -2.51. The molecule has 1 N–H and O–H groups in total. The number of para-hydroxylation sites is 2. The van der Waals surface area contributed by atoms with Crippen LogP contribution in [-0.4, -0.2) is 47.9 Å². The molecule has 2 aromatic carbocycles. The molecule has 1 saturated heterocycles. The van der Waals surface area contributed by atoms with E-state index < -0.39 is 12.4 Å². The number of ether oxygens (including phenoxy) is 2. The van der Waals surface area contributed by atoms with Crippen molar-refractivity contribution in [3.8, 4) is 11.5 Å². The molecule has 0 aromatic heterocycles. The van der Waals surface area contributed by atoms with E-state index in [2.05, 4.69) is 10.1 Å². The highest BCUT2D eigenvalue weighted by Gasteiger charge is 2.45. The summed E-state index contributed by atoms with van der Waals surface area (Å²) in [6.45, 7) is 4.04. The SMILES string of the molecule is CC(C)NC(=O)N1CC2CC1C(=O)N(Cc1ccc(OC(F)(F)F)cc1)c1ccccc1O2. The van der Waals surface area contributed by atoms with Crippen LogP contribution in [0.2, 0.25) is 0 Å². The number of amides is 3. The fourth-order valence-corrected chi connectivity index (χ4v) is 4.07. The Hall–Kier alpha value is -3.43. The van der Waals surface area contributed by atoms with E-state index in [1.807, 2.05) is 13.8 Å². The molecular weight excluding hydrogens is 439 g/mol. The molecule has 2 aromatic rings. The lowest BCUT2D eigenvalue weighted by molar-refractivity contribution is -0.274. The van der Waals surface area contributed by atoms with Crippen molar-refractivity contribution in [2.45, 2.75) is 51.4 Å². The van der Waals surface area contributed by atoms with E-state index in [0.29, 0.717) is 23.4 Å². The van der Waals surface area contributed by atoms with E-state index >= 15 is 0 Å². The summed E-state index contributed by atoms with van der Waals surface area (Å²) in [6, 6.07) is 11.3. The first-order chi connectivity index (χ1) is 15.6. The van der Waals surface area contributed by atoms with Crippen LogP contribution in [0.4, 0.5) is 23.7 Å². The Bertz CT molecular complexity index is 1030. The minimum Gasteiger partial charge on any atom is -0.486 e. The van der Waals surface area contributed by atoms with Gasteiger partial charge in [-0.05, 0) is 43.7 Å². The summed E-state index contributed by atoms with van der Waals surface area (Å²) in [5.74, 6) is -0.107. The smallest absolute Gasteiger partial charge is 0.486 e. The molecule has 2 bridgehead atoms. The van der Waals surface area contributed by atoms with Crippen molar-refractivity contribution in [1.82, 2.24) is 10.2 Å². The van der Waals surface area contributed by atoms with E-state index in [1.54, 1.807) is 24.3 Å². The Kier molecular flexibility index (Phi) is 6.09. The number of alkyl halides is 3. The van der Waals surface area contributed by atoms with Crippen LogP contribution in [0.15, 0.2) is 48.5 Å². The van der Waals surface area contributed by atoms with E-state index in [9.17, 15) is 22.8 Å². The van der Waals surface area contributed by atoms with Crippen molar-refractivity contribution in [3.63, 3.8) is 0 Å². The molecule has 2 unspecified atom stereocenters. The van der Waals surface area contributed by atoms with Crippen molar-refractivity contribution >= 4 is 17.6 Å². The zero-order chi connectivity index (χ0) is 23.8. The van der Waals surface area contributed by atoms with Gasteiger partial charge >= 0.3 is 12.4 Å². The van der Waals surface area contributed by atoms with Crippen molar-refractivity contribution in [3.05, 3.63) is 54.1 Å². The summed E-state index contributed by atoms with van der Waals surface area (Å²) >= 11 is 0. The number of halogens is 3. The lowest BCUT2D eigenvalue weighted by atomic mass is 10.1. The van der Waals surface area contributed by atoms with Crippen molar-refractivity contribution < 1.29 is 32.2 Å². The summed E-state index contributed by atoms with van der Waals surface area (Å²) in [7, 11) is 0. The Morgan fingerprint density at radius 3 is 2.55 bits per heavy atom. The third-order valence-electron chi connectivity index (χ3n) is 5.43. The van der Waals surface area contributed by atoms with Gasteiger partial charge in [-0.1, -0.05) is 24.3 Å². The van der Waals surface area contributed by atoms with Gasteiger partial charge in [0.25, 0.3) is 0 Å². The molecule has 0 saturated carbocycles. The summed E-state index contributed by atoms with van der Waals surface area (Å²) in [5, 5.41) is 2.82. The number of anilines is 1. The van der Waals surface area contributed by atoms with Gasteiger partial charge in [0.2, 0.25) is 5.91 Å². The number of hydrogen-bond donors (Lipinski definition) is 1. The molecule has 2 aliphatic heterocycles. The van der Waals surface area contributed by atoms with Gasteiger partial charge in [-0.2, -0.15) is 0 Å². The number of carbonyl (C=O) groups is 2. The second kappa shape index (κ2) is 8.84. The normalized spacial score (nSPS) is 20.1. The molecule has 1 fully saturated rings. The molecule has 0 aliphatic carbocycles. The minimum absolute atomic E-state index is 0.0896. The predicted octanol–water partition coefficient (Wildman–Crippen LogP) is 4.07. The average molecular weight is 463 g/mol. The van der Waals surface area contributed by atoms with E-state index in [1.165, 1.54) is 34.1 Å². The van der Waals surface area contributed by atoms with Crippen LogP contribution >= 0.6 is 0 Å². The number of nitrogens with one attached hydrogen (secondary N) is 1. The van der Waals surface area contributed by atoms with Crippen LogP contribution < -0.4 is 19.7 Å². The first kappa shape index (κ1) is 22.8. The van der Waals surface area contributed by atoms with Gasteiger partial charge in [-0.25, -0.2) is 4.79 Å². The summed E-state index contributed by atoms with van der Waals surface area (Å²) < 4.78 is 47.4. The molecule has 2 atom stereocenters. The molecule has 0 spiro atoms. The Morgan fingerprint density at radius 2 is 1.88 bits per heavy atom. The highest BCUT2D eigenvalue weighted by Crippen LogP contribution is 2.37. The lowest BCUT2D eigenvalue weighted by Gasteiger charge is -2.32. The van der Waals surface area contributed by atoms with Gasteiger partial charge in [-0.3, -0.25) is 4.79 Å². The first-order valence-electron chi connectivity index (χ1n) is 10.6. The topological polar surface area (TPSA) is 71.1 Å². The fraction of sp³-hybridized carbons (Fsp3) is 0.391. The molecule has 33 heavy (non-hydrogen) atoms. The maximum atomic E-state index is 13.7. The van der Waals surface area contributed by atoms with Gasteiger partial charge in [-0.15, -0.1) is 13.2 Å². The van der Waals surface area contributed by atoms with Crippen LogP contribution in [0.25, 0.3) is 0 Å². The number of fused-ring (bicyclic) bond motifs is 3. The van der Waals surface area contributed by atoms with Crippen LogP contribution in [0.3, 0.4) is 0 Å². The van der Waals surface area contributed by atoms with Gasteiger partial charge < -0.3 is 24.6 Å². The van der Waals surface area contributed by atoms with Gasteiger partial charge in [0.15, 0.2) is 0 Å². The highest BCUT2D eigenvalue weighted by molar-refractivity contribution is 6.00. The zero-order valence-corrected chi connectivity index (χ0v) is 18.1. The molecular formula is C23H24F3N3O4. The number of urea groups is 1. The number of nitrogens with zero attached hydrogens (tertiary/aromatic N) is 2.